The molecule has 0 radical (unpaired) electrons. The molecule has 0 bridgehead atoms. The maximum Gasteiger partial charge on any atom is 0.321 e. The summed E-state index contributed by atoms with van der Waals surface area (Å²) in [5, 5.41) is 8.71. The van der Waals surface area contributed by atoms with Crippen LogP contribution in [0.3, 0.4) is 0 Å². The molecule has 0 saturated heterocycles. The molecule has 0 amide bonds. The zero-order chi connectivity index (χ0) is 10.7. The molecule has 76 valence electrons. The van der Waals surface area contributed by atoms with Gasteiger partial charge in [0.25, 0.3) is 4.92 Å². The number of nitrogens with zero attached hydrogens (tertiary/aromatic N) is 1. The number of rotatable bonds is 3. The average molecular weight is 261 g/mol. The molecule has 14 heavy (non-hydrogen) atoms. The molecule has 1 rings (SSSR count). The minimum Gasteiger partial charge on any atom is -0.491 e. The molecule has 0 atom stereocenters. The van der Waals surface area contributed by atoms with Crippen LogP contribution in [0.2, 0.25) is 0 Å². The van der Waals surface area contributed by atoms with E-state index in [0.29, 0.717) is 10.2 Å². The molecule has 4 nitrogen and oxygen atoms in total. The molecule has 0 aliphatic carbocycles. The van der Waals surface area contributed by atoms with Crippen LogP contribution in [-0.2, 0) is 0 Å². The van der Waals surface area contributed by atoms with Crippen molar-refractivity contribution in [2.24, 2.45) is 0 Å². The summed E-state index contributed by atoms with van der Waals surface area (Å²) in [6, 6.07) is 4.70. The highest BCUT2D eigenvalue weighted by atomic mass is 79.9. The predicted molar refractivity (Wildman–Crippen MR) is 55.0 cm³/mol. The van der Waals surface area contributed by atoms with E-state index in [9.17, 15) is 4.91 Å². The lowest BCUT2D eigenvalue weighted by molar-refractivity contribution is -0.729. The van der Waals surface area contributed by atoms with Crippen molar-refractivity contribution in [3.8, 4) is 5.75 Å². The molecule has 0 saturated carbocycles. The van der Waals surface area contributed by atoms with E-state index >= 15 is 0 Å². The van der Waals surface area contributed by atoms with Crippen molar-refractivity contribution in [1.82, 2.24) is 0 Å². The molecule has 0 fully saturated rings. The fraction of sp³-hybridized carbons (Fsp3) is 0.333. The van der Waals surface area contributed by atoms with Crippen LogP contribution in [0.5, 0.6) is 5.75 Å². The highest BCUT2D eigenvalue weighted by Gasteiger charge is 2.14. The molecule has 1 N–H and O–H groups in total. The van der Waals surface area contributed by atoms with Gasteiger partial charge in [-0.1, -0.05) is 15.9 Å². The lowest BCUT2D eigenvalue weighted by atomic mass is 10.3. The van der Waals surface area contributed by atoms with Gasteiger partial charge in [0.05, 0.1) is 17.1 Å². The Labute approximate surface area is 90.2 Å². The van der Waals surface area contributed by atoms with Crippen LogP contribution in [0.25, 0.3) is 0 Å². The monoisotopic (exact) mass is 260 g/mol. The first-order valence-electron chi connectivity index (χ1n) is 4.12. The molecule has 0 aliphatic rings. The Morgan fingerprint density at radius 2 is 2.07 bits per heavy atom. The first-order chi connectivity index (χ1) is 6.49. The van der Waals surface area contributed by atoms with Crippen LogP contribution < -0.4 is 4.74 Å². The van der Waals surface area contributed by atoms with Gasteiger partial charge in [-0.25, -0.2) is 5.21 Å². The lowest BCUT2D eigenvalue weighted by Crippen LogP contribution is -2.05. The van der Waals surface area contributed by atoms with Crippen molar-refractivity contribution < 1.29 is 14.9 Å². The average Bonchev–Trinajstić information content (AvgIpc) is 2.01. The van der Waals surface area contributed by atoms with Gasteiger partial charge in [-0.3, -0.25) is 0 Å². The number of benzene rings is 1. The maximum absolute atomic E-state index is 10.6. The zero-order valence-corrected chi connectivity index (χ0v) is 9.48. The smallest absolute Gasteiger partial charge is 0.321 e. The van der Waals surface area contributed by atoms with Gasteiger partial charge in [0, 0.05) is 10.5 Å². The first-order valence-corrected chi connectivity index (χ1v) is 4.91. The van der Waals surface area contributed by atoms with E-state index in [-0.39, 0.29) is 16.7 Å². The fourth-order valence-electron chi connectivity index (χ4n) is 0.999. The summed E-state index contributed by atoms with van der Waals surface area (Å²) in [6.45, 7) is 3.77. The van der Waals surface area contributed by atoms with Gasteiger partial charge in [0.1, 0.15) is 5.75 Å². The van der Waals surface area contributed by atoms with Crippen LogP contribution >= 0.6 is 15.9 Å². The Morgan fingerprint density at radius 1 is 1.43 bits per heavy atom. The molecule has 0 aromatic heterocycles. The summed E-state index contributed by atoms with van der Waals surface area (Å²) in [5.74, 6) is 0.541. The Bertz CT molecular complexity index is 352. The largest absolute Gasteiger partial charge is 0.491 e. The van der Waals surface area contributed by atoms with E-state index in [1.165, 1.54) is 12.1 Å². The Morgan fingerprint density at radius 3 is 2.57 bits per heavy atom. The van der Waals surface area contributed by atoms with Crippen molar-refractivity contribution in [3.63, 3.8) is 0 Å². The van der Waals surface area contributed by atoms with Crippen molar-refractivity contribution in [2.45, 2.75) is 20.0 Å². The van der Waals surface area contributed by atoms with Crippen molar-refractivity contribution in [1.29, 1.82) is 0 Å². The summed E-state index contributed by atoms with van der Waals surface area (Å²) < 4.78 is 6.06. The van der Waals surface area contributed by atoms with Crippen LogP contribution in [-0.4, -0.2) is 16.2 Å². The Balaban J connectivity index is 3.01. The van der Waals surface area contributed by atoms with Gasteiger partial charge in [-0.2, -0.15) is 0 Å². The summed E-state index contributed by atoms with van der Waals surface area (Å²) >= 11 is 3.21. The lowest BCUT2D eigenvalue weighted by Gasteiger charge is -2.08. The van der Waals surface area contributed by atoms with Gasteiger partial charge in [-0.05, 0) is 19.9 Å². The quantitative estimate of drug-likeness (QED) is 0.851. The van der Waals surface area contributed by atoms with E-state index < -0.39 is 0 Å². The SMILES string of the molecule is CC(C)Oc1cc(Br)cc([N+](=O)O)c1. The third-order valence-electron chi connectivity index (χ3n) is 1.45. The number of ether oxygens (including phenoxy) is 1. The maximum atomic E-state index is 10.6. The van der Waals surface area contributed by atoms with E-state index in [4.69, 9.17) is 9.94 Å². The summed E-state index contributed by atoms with van der Waals surface area (Å²) in [7, 11) is 0. The number of halogens is 1. The van der Waals surface area contributed by atoms with E-state index in [1.54, 1.807) is 6.07 Å². The van der Waals surface area contributed by atoms with Gasteiger partial charge in [0.2, 0.25) is 0 Å². The Kier molecular flexibility index (Phi) is 3.46. The van der Waals surface area contributed by atoms with Crippen LogP contribution in [0, 0.1) is 4.91 Å². The van der Waals surface area contributed by atoms with Gasteiger partial charge in [-0.15, -0.1) is 0 Å². The summed E-state index contributed by atoms with van der Waals surface area (Å²) in [6.07, 6.45) is 0.0240. The van der Waals surface area contributed by atoms with E-state index in [0.717, 1.165) is 0 Å². The fourth-order valence-corrected chi connectivity index (χ4v) is 1.46. The predicted octanol–water partition coefficient (Wildman–Crippen LogP) is 3.04. The zero-order valence-electron chi connectivity index (χ0n) is 7.90. The Hall–Kier alpha value is -1.10. The van der Waals surface area contributed by atoms with Gasteiger partial charge >= 0.3 is 5.69 Å². The second-order valence-electron chi connectivity index (χ2n) is 3.08. The standard InChI is InChI=1S/C9H11BrNO3/c1-6(2)14-9-4-7(10)3-8(5-9)11(12)13/h3-6H,1-2H3,(H,12,13)/q+1. The third-order valence-corrected chi connectivity index (χ3v) is 1.91. The molecular weight excluding hydrogens is 250 g/mol. The second kappa shape index (κ2) is 4.41. The van der Waals surface area contributed by atoms with Crippen molar-refractivity contribution in [2.75, 3.05) is 0 Å². The third kappa shape index (κ3) is 2.99. The van der Waals surface area contributed by atoms with E-state index in [1.807, 2.05) is 13.8 Å². The molecular formula is C9H11BrNO3+. The molecule has 0 unspecified atom stereocenters. The van der Waals surface area contributed by atoms with Crippen LogP contribution in [0.4, 0.5) is 5.69 Å². The normalized spacial score (nSPS) is 10.3. The second-order valence-corrected chi connectivity index (χ2v) is 4.00. The minimum atomic E-state index is -0.196. The molecule has 5 heteroatoms. The highest BCUT2D eigenvalue weighted by molar-refractivity contribution is 9.10. The van der Waals surface area contributed by atoms with Crippen LogP contribution in [0.15, 0.2) is 22.7 Å². The van der Waals surface area contributed by atoms with Crippen molar-refractivity contribution in [3.05, 3.63) is 27.6 Å². The number of hydrogen-bond donors (Lipinski definition) is 1. The summed E-state index contributed by atoms with van der Waals surface area (Å²) in [5.41, 5.74) is 0.134. The molecule has 1 aromatic rings. The highest BCUT2D eigenvalue weighted by Crippen LogP contribution is 2.26. The van der Waals surface area contributed by atoms with E-state index in [2.05, 4.69) is 15.9 Å². The van der Waals surface area contributed by atoms with Gasteiger partial charge < -0.3 is 4.74 Å². The molecule has 0 aliphatic heterocycles. The molecule has 0 heterocycles. The van der Waals surface area contributed by atoms with Crippen molar-refractivity contribution >= 4 is 21.6 Å². The molecule has 1 aromatic carbocycles. The van der Waals surface area contributed by atoms with Gasteiger partial charge in [0.15, 0.2) is 0 Å². The molecule has 0 spiro atoms. The summed E-state index contributed by atoms with van der Waals surface area (Å²) in [4.78, 5) is 10.4. The first kappa shape index (κ1) is 11.0. The minimum absolute atomic E-state index is 0.0240. The van der Waals surface area contributed by atoms with Crippen LogP contribution in [0.1, 0.15) is 13.8 Å². The topological polar surface area (TPSA) is 49.5 Å². The number of hydrogen-bond acceptors (Lipinski definition) is 2.